The number of carbonyl (C=O) groups is 2. The number of carboxylic acid groups (broad SMARTS) is 1. The Morgan fingerprint density at radius 1 is 1.11 bits per heavy atom. The minimum Gasteiger partial charge on any atom is -0.478 e. The lowest BCUT2D eigenvalue weighted by molar-refractivity contribution is 0.0698. The molecule has 2 N–H and O–H groups in total. The van der Waals surface area contributed by atoms with Crippen molar-refractivity contribution in [2.24, 2.45) is 0 Å². The van der Waals surface area contributed by atoms with Crippen LogP contribution in [-0.2, 0) is 0 Å². The van der Waals surface area contributed by atoms with Gasteiger partial charge in [0.25, 0.3) is 0 Å². The van der Waals surface area contributed by atoms with Crippen molar-refractivity contribution >= 4 is 17.7 Å². The zero-order valence-corrected chi connectivity index (χ0v) is 10.5. The van der Waals surface area contributed by atoms with E-state index in [-0.39, 0.29) is 11.6 Å². The third-order valence-electron chi connectivity index (χ3n) is 3.51. The van der Waals surface area contributed by atoms with Gasteiger partial charge in [-0.1, -0.05) is 12.1 Å². The van der Waals surface area contributed by atoms with Gasteiger partial charge in [-0.3, -0.25) is 0 Å². The summed E-state index contributed by atoms with van der Waals surface area (Å²) in [5, 5.41) is 11.8. The predicted octanol–water partition coefficient (Wildman–Crippen LogP) is 2.54. The molecule has 5 nitrogen and oxygen atoms in total. The monoisotopic (exact) mass is 260 g/mol. The number of hydrogen-bond donors (Lipinski definition) is 2. The van der Waals surface area contributed by atoms with Crippen molar-refractivity contribution in [2.45, 2.75) is 37.8 Å². The van der Waals surface area contributed by atoms with Crippen molar-refractivity contribution in [3.63, 3.8) is 0 Å². The molecule has 0 unspecified atom stereocenters. The van der Waals surface area contributed by atoms with Crippen molar-refractivity contribution in [3.05, 3.63) is 29.8 Å². The van der Waals surface area contributed by atoms with Gasteiger partial charge in [-0.05, 0) is 37.8 Å². The Labute approximate surface area is 111 Å². The van der Waals surface area contributed by atoms with E-state index >= 15 is 0 Å². The van der Waals surface area contributed by atoms with Crippen molar-refractivity contribution < 1.29 is 14.7 Å². The molecule has 0 radical (unpaired) electrons. The summed E-state index contributed by atoms with van der Waals surface area (Å²) >= 11 is 0. The van der Waals surface area contributed by atoms with Gasteiger partial charge in [-0.25, -0.2) is 9.59 Å². The molecule has 2 aliphatic rings. The first kappa shape index (κ1) is 12.0. The summed E-state index contributed by atoms with van der Waals surface area (Å²) in [7, 11) is 0. The summed E-state index contributed by atoms with van der Waals surface area (Å²) in [6.07, 6.45) is 4.24. The summed E-state index contributed by atoms with van der Waals surface area (Å²) in [5.74, 6) is -1.03. The zero-order chi connectivity index (χ0) is 13.4. The van der Waals surface area contributed by atoms with E-state index in [4.69, 9.17) is 5.11 Å². The highest BCUT2D eigenvalue weighted by molar-refractivity contribution is 6.00. The zero-order valence-electron chi connectivity index (χ0n) is 10.5. The number of carbonyl (C=O) groups excluding carboxylic acids is 1. The normalized spacial score (nSPS) is 17.9. The molecule has 2 fully saturated rings. The Balaban J connectivity index is 1.76. The Hall–Kier alpha value is -2.04. The lowest BCUT2D eigenvalue weighted by atomic mass is 10.2. The Kier molecular flexibility index (Phi) is 2.89. The molecule has 2 aliphatic carbocycles. The van der Waals surface area contributed by atoms with Crippen LogP contribution in [0.5, 0.6) is 0 Å². The quantitative estimate of drug-likeness (QED) is 0.874. The second kappa shape index (κ2) is 4.57. The Morgan fingerprint density at radius 3 is 2.21 bits per heavy atom. The van der Waals surface area contributed by atoms with Crippen LogP contribution >= 0.6 is 0 Å². The number of amides is 2. The van der Waals surface area contributed by atoms with E-state index in [1.807, 2.05) is 4.90 Å². The highest BCUT2D eigenvalue weighted by atomic mass is 16.4. The molecule has 0 aromatic heterocycles. The van der Waals surface area contributed by atoms with Crippen molar-refractivity contribution in [1.82, 2.24) is 4.90 Å². The molecule has 0 spiro atoms. The molecule has 1 aromatic carbocycles. The maximum Gasteiger partial charge on any atom is 0.337 e. The van der Waals surface area contributed by atoms with Gasteiger partial charge in [0.05, 0.1) is 11.3 Å². The van der Waals surface area contributed by atoms with Crippen LogP contribution in [0.3, 0.4) is 0 Å². The summed E-state index contributed by atoms with van der Waals surface area (Å²) in [6.45, 7) is 0. The molecule has 2 amide bonds. The molecule has 0 bridgehead atoms. The SMILES string of the molecule is O=C(O)c1ccccc1NC(=O)N(C1CC1)C1CC1. The molecular weight excluding hydrogens is 244 g/mol. The number of para-hydroxylation sites is 1. The topological polar surface area (TPSA) is 69.6 Å². The average Bonchev–Trinajstić information content (AvgIpc) is 3.24. The number of nitrogens with one attached hydrogen (secondary N) is 1. The Morgan fingerprint density at radius 2 is 1.68 bits per heavy atom. The van der Waals surface area contributed by atoms with Crippen LogP contribution in [0.25, 0.3) is 0 Å². The minimum atomic E-state index is -1.03. The van der Waals surface area contributed by atoms with E-state index in [0.29, 0.717) is 17.8 Å². The molecule has 0 atom stereocenters. The highest BCUT2D eigenvalue weighted by Crippen LogP contribution is 2.37. The maximum atomic E-state index is 12.3. The first-order valence-corrected chi connectivity index (χ1v) is 6.58. The average molecular weight is 260 g/mol. The number of anilines is 1. The Bertz CT molecular complexity index is 509. The number of hydrogen-bond acceptors (Lipinski definition) is 2. The van der Waals surface area contributed by atoms with Crippen LogP contribution in [0.4, 0.5) is 10.5 Å². The van der Waals surface area contributed by atoms with Gasteiger partial charge < -0.3 is 15.3 Å². The summed E-state index contributed by atoms with van der Waals surface area (Å²) in [4.78, 5) is 25.3. The minimum absolute atomic E-state index is 0.127. The molecular formula is C14H16N2O3. The van der Waals surface area contributed by atoms with E-state index in [9.17, 15) is 9.59 Å². The third-order valence-corrected chi connectivity index (χ3v) is 3.51. The van der Waals surface area contributed by atoms with Crippen LogP contribution in [0.15, 0.2) is 24.3 Å². The molecule has 5 heteroatoms. The number of rotatable bonds is 4. The van der Waals surface area contributed by atoms with E-state index < -0.39 is 5.97 Å². The van der Waals surface area contributed by atoms with Crippen LogP contribution < -0.4 is 5.32 Å². The van der Waals surface area contributed by atoms with Gasteiger partial charge in [0.2, 0.25) is 0 Å². The lowest BCUT2D eigenvalue weighted by Gasteiger charge is -2.22. The number of carboxylic acids is 1. The predicted molar refractivity (Wildman–Crippen MR) is 70.3 cm³/mol. The highest BCUT2D eigenvalue weighted by Gasteiger charge is 2.42. The number of benzene rings is 1. The van der Waals surface area contributed by atoms with E-state index in [1.54, 1.807) is 18.2 Å². The van der Waals surface area contributed by atoms with Crippen LogP contribution in [-0.4, -0.2) is 34.1 Å². The number of nitrogens with zero attached hydrogens (tertiary/aromatic N) is 1. The first-order valence-electron chi connectivity index (χ1n) is 6.58. The number of urea groups is 1. The maximum absolute atomic E-state index is 12.3. The van der Waals surface area contributed by atoms with E-state index in [1.165, 1.54) is 6.07 Å². The second-order valence-corrected chi connectivity index (χ2v) is 5.15. The third kappa shape index (κ3) is 2.54. The summed E-state index contributed by atoms with van der Waals surface area (Å²) in [5.41, 5.74) is 0.494. The van der Waals surface area contributed by atoms with Crippen LogP contribution in [0.1, 0.15) is 36.0 Å². The largest absolute Gasteiger partial charge is 0.478 e. The fraction of sp³-hybridized carbons (Fsp3) is 0.429. The van der Waals surface area contributed by atoms with Gasteiger partial charge >= 0.3 is 12.0 Å². The summed E-state index contributed by atoms with van der Waals surface area (Å²) in [6, 6.07) is 7.03. The van der Waals surface area contributed by atoms with Gasteiger partial charge in [-0.15, -0.1) is 0 Å². The van der Waals surface area contributed by atoms with Crippen molar-refractivity contribution in [3.8, 4) is 0 Å². The molecule has 2 saturated carbocycles. The first-order chi connectivity index (χ1) is 9.16. The standard InChI is InChI=1S/C14H16N2O3/c17-13(18)11-3-1-2-4-12(11)15-14(19)16(9-5-6-9)10-7-8-10/h1-4,9-10H,5-8H2,(H,15,19)(H,17,18). The molecule has 1 aromatic rings. The van der Waals surface area contributed by atoms with Gasteiger partial charge in [0.15, 0.2) is 0 Å². The summed E-state index contributed by atoms with van der Waals surface area (Å²) < 4.78 is 0. The molecule has 3 rings (SSSR count). The van der Waals surface area contributed by atoms with Crippen LogP contribution in [0.2, 0.25) is 0 Å². The van der Waals surface area contributed by atoms with E-state index in [0.717, 1.165) is 25.7 Å². The second-order valence-electron chi connectivity index (χ2n) is 5.15. The van der Waals surface area contributed by atoms with Gasteiger partial charge in [0, 0.05) is 12.1 Å². The number of aromatic carboxylic acids is 1. The van der Waals surface area contributed by atoms with Gasteiger partial charge in [0.1, 0.15) is 0 Å². The molecule has 19 heavy (non-hydrogen) atoms. The fourth-order valence-electron chi connectivity index (χ4n) is 2.29. The smallest absolute Gasteiger partial charge is 0.337 e. The van der Waals surface area contributed by atoms with Crippen molar-refractivity contribution in [2.75, 3.05) is 5.32 Å². The lowest BCUT2D eigenvalue weighted by Crippen LogP contribution is -2.38. The van der Waals surface area contributed by atoms with Gasteiger partial charge in [-0.2, -0.15) is 0 Å². The molecule has 0 heterocycles. The molecule has 100 valence electrons. The van der Waals surface area contributed by atoms with Crippen molar-refractivity contribution in [1.29, 1.82) is 0 Å². The molecule has 0 aliphatic heterocycles. The van der Waals surface area contributed by atoms with E-state index in [2.05, 4.69) is 5.32 Å². The molecule has 0 saturated heterocycles. The van der Waals surface area contributed by atoms with Crippen LogP contribution in [0, 0.1) is 0 Å². The fourth-order valence-corrected chi connectivity index (χ4v) is 2.29.